The Morgan fingerprint density at radius 2 is 1.79 bits per heavy atom. The Kier molecular flexibility index (Phi) is 4.97. The Morgan fingerprint density at radius 3 is 2.50 bits per heavy atom. The van der Waals surface area contributed by atoms with Crippen molar-refractivity contribution < 1.29 is 17.9 Å². The first-order valence-corrected chi connectivity index (χ1v) is 9.21. The van der Waals surface area contributed by atoms with E-state index in [4.69, 9.17) is 9.47 Å². The van der Waals surface area contributed by atoms with Crippen LogP contribution in [0.25, 0.3) is 0 Å². The van der Waals surface area contributed by atoms with Crippen molar-refractivity contribution in [3.8, 4) is 0 Å². The predicted octanol–water partition coefficient (Wildman–Crippen LogP) is 2.74. The Balaban J connectivity index is 1.66. The van der Waals surface area contributed by atoms with E-state index >= 15 is 0 Å². The van der Waals surface area contributed by atoms with Crippen molar-refractivity contribution in [2.45, 2.75) is 29.9 Å². The van der Waals surface area contributed by atoms with E-state index in [0.29, 0.717) is 6.61 Å². The molecule has 2 aromatic carbocycles. The lowest BCUT2D eigenvalue weighted by atomic mass is 10.2. The fourth-order valence-corrected chi connectivity index (χ4v) is 4.02. The van der Waals surface area contributed by atoms with Crippen LogP contribution in [0.5, 0.6) is 0 Å². The Morgan fingerprint density at radius 1 is 1.08 bits per heavy atom. The molecule has 0 radical (unpaired) electrons. The first-order chi connectivity index (χ1) is 11.6. The molecule has 0 bridgehead atoms. The van der Waals surface area contributed by atoms with Crippen LogP contribution < -0.4 is 0 Å². The molecule has 0 amide bonds. The number of ether oxygens (including phenoxy) is 2. The first kappa shape index (κ1) is 16.7. The van der Waals surface area contributed by atoms with Crippen LogP contribution in [0, 0.1) is 6.92 Å². The van der Waals surface area contributed by atoms with Crippen LogP contribution in [0.4, 0.5) is 0 Å². The zero-order chi connectivity index (χ0) is 17.0. The largest absolute Gasteiger partial charge is 0.474 e. The van der Waals surface area contributed by atoms with Crippen LogP contribution in [-0.2, 0) is 25.9 Å². The number of nitrogens with zero attached hydrogens (tertiary/aromatic N) is 1. The Labute approximate surface area is 141 Å². The van der Waals surface area contributed by atoms with Gasteiger partial charge in [0.05, 0.1) is 18.1 Å². The van der Waals surface area contributed by atoms with E-state index in [1.54, 1.807) is 24.3 Å². The van der Waals surface area contributed by atoms with E-state index < -0.39 is 21.3 Å². The van der Waals surface area contributed by atoms with Crippen LogP contribution in [0.15, 0.2) is 64.5 Å². The van der Waals surface area contributed by atoms with Crippen molar-refractivity contribution in [3.05, 3.63) is 65.7 Å². The van der Waals surface area contributed by atoms with E-state index in [-0.39, 0.29) is 11.5 Å². The highest BCUT2D eigenvalue weighted by Crippen LogP contribution is 2.24. The number of hydrogen-bond donors (Lipinski definition) is 0. The van der Waals surface area contributed by atoms with Crippen LogP contribution in [0.2, 0.25) is 0 Å². The van der Waals surface area contributed by atoms with Crippen LogP contribution in [0.1, 0.15) is 11.1 Å². The molecule has 0 spiro atoms. The topological polar surface area (TPSA) is 65.0 Å². The van der Waals surface area contributed by atoms with Gasteiger partial charge >= 0.3 is 0 Å². The number of aryl methyl sites for hydroxylation is 1. The van der Waals surface area contributed by atoms with E-state index in [9.17, 15) is 8.42 Å². The highest BCUT2D eigenvalue weighted by atomic mass is 32.2. The molecule has 1 heterocycles. The Hall–Kier alpha value is -2.18. The maximum atomic E-state index is 12.7. The maximum Gasteiger partial charge on any atom is 0.205 e. The highest BCUT2D eigenvalue weighted by molar-refractivity contribution is 7.92. The minimum absolute atomic E-state index is 0.157. The maximum absolute atomic E-state index is 12.7. The van der Waals surface area contributed by atoms with Gasteiger partial charge in [0.15, 0.2) is 17.9 Å². The molecule has 126 valence electrons. The molecule has 2 atom stereocenters. The molecule has 2 aromatic rings. The fourth-order valence-electron chi connectivity index (χ4n) is 2.47. The highest BCUT2D eigenvalue weighted by Gasteiger charge is 2.38. The van der Waals surface area contributed by atoms with Crippen LogP contribution >= 0.6 is 0 Å². The lowest BCUT2D eigenvalue weighted by molar-refractivity contribution is 0.0464. The summed E-state index contributed by atoms with van der Waals surface area (Å²) < 4.78 is 36.4. The normalized spacial score (nSPS) is 20.0. The van der Waals surface area contributed by atoms with Gasteiger partial charge in [-0.2, -0.15) is 0 Å². The third-order valence-electron chi connectivity index (χ3n) is 3.82. The number of hydrogen-bond acceptors (Lipinski definition) is 5. The van der Waals surface area contributed by atoms with Gasteiger partial charge in [-0.1, -0.05) is 48.0 Å². The molecule has 3 rings (SSSR count). The molecular formula is C18H19NO4S. The summed E-state index contributed by atoms with van der Waals surface area (Å²) in [7, 11) is -3.60. The lowest BCUT2D eigenvalue weighted by Crippen LogP contribution is -2.34. The van der Waals surface area contributed by atoms with Gasteiger partial charge in [0.2, 0.25) is 9.84 Å². The number of sulfone groups is 1. The molecule has 5 nitrogen and oxygen atoms in total. The SMILES string of the molecule is Cc1ccc(S(=O)(=O)[C@@H]2N=CO[C@H]2COCc2ccccc2)cc1. The van der Waals surface area contributed by atoms with Crippen molar-refractivity contribution in [3.63, 3.8) is 0 Å². The van der Waals surface area contributed by atoms with E-state index in [1.807, 2.05) is 37.3 Å². The van der Waals surface area contributed by atoms with E-state index in [1.165, 1.54) is 6.40 Å². The molecule has 0 aromatic heterocycles. The van der Waals surface area contributed by atoms with Gasteiger partial charge in [0.1, 0.15) is 0 Å². The minimum atomic E-state index is -3.60. The fraction of sp³-hybridized carbons (Fsp3) is 0.278. The van der Waals surface area contributed by atoms with Gasteiger partial charge in [-0.05, 0) is 24.6 Å². The van der Waals surface area contributed by atoms with E-state index in [2.05, 4.69) is 4.99 Å². The number of benzene rings is 2. The van der Waals surface area contributed by atoms with Gasteiger partial charge in [-0.25, -0.2) is 13.4 Å². The third kappa shape index (κ3) is 3.66. The molecular weight excluding hydrogens is 326 g/mol. The second-order valence-corrected chi connectivity index (χ2v) is 7.72. The second-order valence-electron chi connectivity index (χ2n) is 5.68. The average Bonchev–Trinajstić information content (AvgIpc) is 3.06. The monoisotopic (exact) mass is 345 g/mol. The van der Waals surface area contributed by atoms with Crippen LogP contribution in [-0.4, -0.2) is 32.9 Å². The predicted molar refractivity (Wildman–Crippen MR) is 91.6 cm³/mol. The summed E-state index contributed by atoms with van der Waals surface area (Å²) in [6.45, 7) is 2.47. The summed E-state index contributed by atoms with van der Waals surface area (Å²) in [5, 5.41) is -0.976. The van der Waals surface area contributed by atoms with Gasteiger partial charge in [0, 0.05) is 0 Å². The van der Waals surface area contributed by atoms with Crippen molar-refractivity contribution in [2.75, 3.05) is 6.61 Å². The van der Waals surface area contributed by atoms with Crippen molar-refractivity contribution >= 4 is 16.2 Å². The molecule has 0 fully saturated rings. The smallest absolute Gasteiger partial charge is 0.205 e. The molecule has 0 saturated carbocycles. The molecule has 0 aliphatic carbocycles. The van der Waals surface area contributed by atoms with Crippen molar-refractivity contribution in [1.82, 2.24) is 0 Å². The summed E-state index contributed by atoms with van der Waals surface area (Å²) >= 11 is 0. The van der Waals surface area contributed by atoms with Crippen molar-refractivity contribution in [1.29, 1.82) is 0 Å². The van der Waals surface area contributed by atoms with Gasteiger partial charge in [0.25, 0.3) is 0 Å². The molecule has 0 unspecified atom stereocenters. The van der Waals surface area contributed by atoms with Gasteiger partial charge in [-0.3, -0.25) is 0 Å². The molecule has 6 heteroatoms. The first-order valence-electron chi connectivity index (χ1n) is 7.67. The van der Waals surface area contributed by atoms with Crippen molar-refractivity contribution in [2.24, 2.45) is 4.99 Å². The zero-order valence-corrected chi connectivity index (χ0v) is 14.1. The van der Waals surface area contributed by atoms with Gasteiger partial charge in [-0.15, -0.1) is 0 Å². The standard InChI is InChI=1S/C18H19NO4S/c1-14-7-9-16(10-8-14)24(20,21)18-17(23-13-19-18)12-22-11-15-5-3-2-4-6-15/h2-10,13,17-18H,11-12H2,1H3/t17-,18-/m0/s1. The van der Waals surface area contributed by atoms with E-state index in [0.717, 1.165) is 11.1 Å². The number of rotatable bonds is 6. The summed E-state index contributed by atoms with van der Waals surface area (Å²) in [5.74, 6) is 0. The Bertz CT molecular complexity index is 801. The average molecular weight is 345 g/mol. The zero-order valence-electron chi connectivity index (χ0n) is 13.3. The molecule has 0 saturated heterocycles. The van der Waals surface area contributed by atoms with Gasteiger partial charge < -0.3 is 9.47 Å². The third-order valence-corrected chi connectivity index (χ3v) is 5.81. The summed E-state index contributed by atoms with van der Waals surface area (Å²) in [6.07, 6.45) is 0.562. The molecule has 24 heavy (non-hydrogen) atoms. The lowest BCUT2D eigenvalue weighted by Gasteiger charge is -2.18. The summed E-state index contributed by atoms with van der Waals surface area (Å²) in [4.78, 5) is 4.24. The van der Waals surface area contributed by atoms with Crippen LogP contribution in [0.3, 0.4) is 0 Å². The second kappa shape index (κ2) is 7.15. The minimum Gasteiger partial charge on any atom is -0.474 e. The quantitative estimate of drug-likeness (QED) is 0.807. The number of aliphatic imine (C=N–C) groups is 1. The molecule has 1 aliphatic heterocycles. The molecule has 1 aliphatic rings. The molecule has 0 N–H and O–H groups in total. The summed E-state index contributed by atoms with van der Waals surface area (Å²) in [6, 6.07) is 16.4. The summed E-state index contributed by atoms with van der Waals surface area (Å²) in [5.41, 5.74) is 2.03.